The number of hydrogen-bond donors (Lipinski definition) is 2. The van der Waals surface area contributed by atoms with E-state index in [1.54, 1.807) is 0 Å². The van der Waals surface area contributed by atoms with Crippen LogP contribution in [0.25, 0.3) is 0 Å². The monoisotopic (exact) mass is 276 g/mol. The van der Waals surface area contributed by atoms with E-state index >= 15 is 0 Å². The molecular weight excluding hydrogens is 256 g/mol. The number of aromatic nitrogens is 1. The number of carbonyl (C=O) groups is 2. The molecule has 1 aromatic heterocycles. The highest BCUT2D eigenvalue weighted by atomic mass is 16.4. The van der Waals surface area contributed by atoms with Gasteiger partial charge in [-0.1, -0.05) is 26.2 Å². The summed E-state index contributed by atoms with van der Waals surface area (Å²) in [6.07, 6.45) is 6.81. The van der Waals surface area contributed by atoms with E-state index in [1.807, 2.05) is 0 Å². The van der Waals surface area contributed by atoms with Crippen LogP contribution in [0.4, 0.5) is 0 Å². The molecule has 1 amide bonds. The highest BCUT2D eigenvalue weighted by Crippen LogP contribution is 2.26. The second kappa shape index (κ2) is 6.50. The first-order chi connectivity index (χ1) is 9.61. The van der Waals surface area contributed by atoms with Crippen LogP contribution in [0, 0.1) is 5.92 Å². The molecule has 2 rings (SSSR count). The molecule has 0 radical (unpaired) electrons. The summed E-state index contributed by atoms with van der Waals surface area (Å²) in [6.45, 7) is 2.16. The predicted molar refractivity (Wildman–Crippen MR) is 74.7 cm³/mol. The number of rotatable bonds is 4. The Balaban J connectivity index is 2.07. The van der Waals surface area contributed by atoms with Gasteiger partial charge in [0.05, 0.1) is 5.56 Å². The van der Waals surface area contributed by atoms with Crippen molar-refractivity contribution in [3.63, 3.8) is 0 Å². The summed E-state index contributed by atoms with van der Waals surface area (Å²) < 4.78 is 0. The van der Waals surface area contributed by atoms with Gasteiger partial charge in [0.25, 0.3) is 5.91 Å². The number of pyridine rings is 1. The van der Waals surface area contributed by atoms with Crippen LogP contribution < -0.4 is 5.32 Å². The van der Waals surface area contributed by atoms with E-state index in [0.717, 1.165) is 25.7 Å². The fourth-order valence-electron chi connectivity index (χ4n) is 2.81. The average Bonchev–Trinajstić information content (AvgIpc) is 2.47. The van der Waals surface area contributed by atoms with E-state index in [4.69, 9.17) is 5.11 Å². The molecule has 0 aromatic carbocycles. The Morgan fingerprint density at radius 3 is 2.95 bits per heavy atom. The summed E-state index contributed by atoms with van der Waals surface area (Å²) in [6, 6.07) is 3.05. The number of nitrogens with one attached hydrogen (secondary N) is 1. The summed E-state index contributed by atoms with van der Waals surface area (Å²) in [5.74, 6) is -0.861. The van der Waals surface area contributed by atoms with Crippen molar-refractivity contribution in [2.24, 2.45) is 5.92 Å². The lowest BCUT2D eigenvalue weighted by Gasteiger charge is -2.29. The highest BCUT2D eigenvalue weighted by molar-refractivity contribution is 6.03. The molecule has 0 spiro atoms. The van der Waals surface area contributed by atoms with E-state index in [9.17, 15) is 9.59 Å². The standard InChI is InChI=1S/C15H20N2O3/c1-2-10-5-3-6-11(9-10)17-14(18)13-12(15(19)20)7-4-8-16-13/h4,7-8,10-11H,2-3,5-6,9H2,1H3,(H,17,18)(H,19,20). The Hall–Kier alpha value is -1.91. The topological polar surface area (TPSA) is 79.3 Å². The Kier molecular flexibility index (Phi) is 4.71. The summed E-state index contributed by atoms with van der Waals surface area (Å²) in [5.41, 5.74) is -0.0496. The predicted octanol–water partition coefficient (Wildman–Crippen LogP) is 2.48. The highest BCUT2D eigenvalue weighted by Gasteiger charge is 2.24. The molecule has 2 N–H and O–H groups in total. The first-order valence-electron chi connectivity index (χ1n) is 7.11. The van der Waals surface area contributed by atoms with E-state index in [2.05, 4.69) is 17.2 Å². The molecule has 0 bridgehead atoms. The summed E-state index contributed by atoms with van der Waals surface area (Å²) in [5, 5.41) is 12.0. The Labute approximate surface area is 118 Å². The van der Waals surface area contributed by atoms with Gasteiger partial charge < -0.3 is 10.4 Å². The second-order valence-electron chi connectivity index (χ2n) is 5.32. The first kappa shape index (κ1) is 14.5. The lowest BCUT2D eigenvalue weighted by molar-refractivity contribution is 0.0688. The van der Waals surface area contributed by atoms with Crippen molar-refractivity contribution in [2.45, 2.75) is 45.1 Å². The van der Waals surface area contributed by atoms with Gasteiger partial charge in [0.1, 0.15) is 5.69 Å². The van der Waals surface area contributed by atoms with Crippen molar-refractivity contribution in [3.05, 3.63) is 29.6 Å². The van der Waals surface area contributed by atoms with E-state index in [-0.39, 0.29) is 23.2 Å². The summed E-state index contributed by atoms with van der Waals surface area (Å²) in [7, 11) is 0. The van der Waals surface area contributed by atoms with Crippen molar-refractivity contribution in [3.8, 4) is 0 Å². The molecule has 1 aliphatic carbocycles. The van der Waals surface area contributed by atoms with Crippen LogP contribution in [0.15, 0.2) is 18.3 Å². The number of nitrogens with zero attached hydrogens (tertiary/aromatic N) is 1. The van der Waals surface area contributed by atoms with Gasteiger partial charge in [0.2, 0.25) is 0 Å². The molecule has 1 aliphatic rings. The number of amides is 1. The number of aromatic carboxylic acids is 1. The zero-order valence-corrected chi connectivity index (χ0v) is 11.6. The molecule has 1 aromatic rings. The van der Waals surface area contributed by atoms with E-state index < -0.39 is 5.97 Å². The minimum Gasteiger partial charge on any atom is -0.478 e. The van der Waals surface area contributed by atoms with Crippen LogP contribution >= 0.6 is 0 Å². The van der Waals surface area contributed by atoms with Gasteiger partial charge in [0, 0.05) is 12.2 Å². The molecule has 2 unspecified atom stereocenters. The Bertz CT molecular complexity index is 502. The lowest BCUT2D eigenvalue weighted by Crippen LogP contribution is -2.39. The third-order valence-corrected chi connectivity index (χ3v) is 3.95. The maximum absolute atomic E-state index is 12.2. The minimum absolute atomic E-state index is 0.00128. The molecule has 2 atom stereocenters. The molecule has 20 heavy (non-hydrogen) atoms. The van der Waals surface area contributed by atoms with Crippen LogP contribution in [-0.4, -0.2) is 28.0 Å². The van der Waals surface area contributed by atoms with Crippen molar-refractivity contribution in [1.29, 1.82) is 0 Å². The number of carboxylic acids is 1. The molecule has 1 fully saturated rings. The van der Waals surface area contributed by atoms with Crippen LogP contribution in [0.3, 0.4) is 0 Å². The smallest absolute Gasteiger partial charge is 0.338 e. The zero-order valence-electron chi connectivity index (χ0n) is 11.6. The molecule has 108 valence electrons. The number of carbonyl (C=O) groups excluding carboxylic acids is 1. The maximum Gasteiger partial charge on any atom is 0.338 e. The lowest BCUT2D eigenvalue weighted by atomic mass is 9.84. The van der Waals surface area contributed by atoms with Crippen LogP contribution in [-0.2, 0) is 0 Å². The van der Waals surface area contributed by atoms with Gasteiger partial charge in [-0.2, -0.15) is 0 Å². The molecule has 1 saturated carbocycles. The first-order valence-corrected chi connectivity index (χ1v) is 7.11. The van der Waals surface area contributed by atoms with Gasteiger partial charge >= 0.3 is 5.97 Å². The number of carboxylic acid groups (broad SMARTS) is 1. The van der Waals surface area contributed by atoms with Crippen LogP contribution in [0.1, 0.15) is 59.9 Å². The van der Waals surface area contributed by atoms with Gasteiger partial charge in [-0.25, -0.2) is 4.79 Å². The molecule has 1 heterocycles. The van der Waals surface area contributed by atoms with Gasteiger partial charge in [0.15, 0.2) is 0 Å². The maximum atomic E-state index is 12.2. The van der Waals surface area contributed by atoms with Gasteiger partial charge in [-0.3, -0.25) is 9.78 Å². The third kappa shape index (κ3) is 3.35. The van der Waals surface area contributed by atoms with Gasteiger partial charge in [-0.05, 0) is 30.9 Å². The van der Waals surface area contributed by atoms with Crippen LogP contribution in [0.5, 0.6) is 0 Å². The Morgan fingerprint density at radius 2 is 2.25 bits per heavy atom. The molecule has 0 aliphatic heterocycles. The average molecular weight is 276 g/mol. The molecule has 0 saturated heterocycles. The second-order valence-corrected chi connectivity index (χ2v) is 5.32. The Morgan fingerprint density at radius 1 is 1.45 bits per heavy atom. The largest absolute Gasteiger partial charge is 0.478 e. The number of hydrogen-bond acceptors (Lipinski definition) is 3. The molecular formula is C15H20N2O3. The molecule has 5 nitrogen and oxygen atoms in total. The minimum atomic E-state index is -1.13. The summed E-state index contributed by atoms with van der Waals surface area (Å²) in [4.78, 5) is 27.2. The van der Waals surface area contributed by atoms with Crippen molar-refractivity contribution >= 4 is 11.9 Å². The van der Waals surface area contributed by atoms with Gasteiger partial charge in [-0.15, -0.1) is 0 Å². The van der Waals surface area contributed by atoms with E-state index in [0.29, 0.717) is 5.92 Å². The quantitative estimate of drug-likeness (QED) is 0.885. The van der Waals surface area contributed by atoms with Crippen LogP contribution in [0.2, 0.25) is 0 Å². The van der Waals surface area contributed by atoms with Crippen molar-refractivity contribution < 1.29 is 14.7 Å². The summed E-state index contributed by atoms with van der Waals surface area (Å²) >= 11 is 0. The zero-order chi connectivity index (χ0) is 14.5. The fourth-order valence-corrected chi connectivity index (χ4v) is 2.81. The fraction of sp³-hybridized carbons (Fsp3) is 0.533. The van der Waals surface area contributed by atoms with Crippen molar-refractivity contribution in [1.82, 2.24) is 10.3 Å². The normalized spacial score (nSPS) is 22.2. The molecule has 5 heteroatoms. The SMILES string of the molecule is CCC1CCCC(NC(=O)c2ncccc2C(=O)O)C1. The van der Waals surface area contributed by atoms with Crippen molar-refractivity contribution in [2.75, 3.05) is 0 Å². The van der Waals surface area contributed by atoms with E-state index in [1.165, 1.54) is 24.8 Å². The third-order valence-electron chi connectivity index (χ3n) is 3.95.